The van der Waals surface area contributed by atoms with E-state index in [0.717, 1.165) is 43.6 Å². The Labute approximate surface area is 190 Å². The van der Waals surface area contributed by atoms with Gasteiger partial charge in [0.15, 0.2) is 0 Å². The highest BCUT2D eigenvalue weighted by molar-refractivity contribution is 5.77. The molecule has 31 heavy (non-hydrogen) atoms. The lowest BCUT2D eigenvalue weighted by atomic mass is 9.47. The minimum Gasteiger partial charge on any atom is -0.342 e. The van der Waals surface area contributed by atoms with Crippen LogP contribution in [-0.4, -0.2) is 47.3 Å². The van der Waals surface area contributed by atoms with E-state index in [1.54, 1.807) is 0 Å². The third-order valence-electron chi connectivity index (χ3n) is 10.5. The van der Waals surface area contributed by atoms with E-state index in [-0.39, 0.29) is 10.8 Å². The Balaban J connectivity index is 1.56. The summed E-state index contributed by atoms with van der Waals surface area (Å²) in [5.41, 5.74) is 0.558. The van der Waals surface area contributed by atoms with Gasteiger partial charge in [0.1, 0.15) is 0 Å². The van der Waals surface area contributed by atoms with E-state index in [9.17, 15) is 9.59 Å². The van der Waals surface area contributed by atoms with Crippen LogP contribution >= 0.6 is 0 Å². The molecule has 4 rings (SSSR count). The van der Waals surface area contributed by atoms with Crippen LogP contribution in [-0.2, 0) is 9.59 Å². The van der Waals surface area contributed by atoms with E-state index in [1.165, 1.54) is 51.4 Å². The summed E-state index contributed by atoms with van der Waals surface area (Å²) in [5, 5.41) is 0. The lowest BCUT2D eigenvalue weighted by molar-refractivity contribution is -0.159. The number of amides is 2. The van der Waals surface area contributed by atoms with Crippen LogP contribution < -0.4 is 0 Å². The van der Waals surface area contributed by atoms with Crippen LogP contribution in [0.5, 0.6) is 0 Å². The number of carbonyl (C=O) groups is 2. The molecule has 2 amide bonds. The summed E-state index contributed by atoms with van der Waals surface area (Å²) in [4.78, 5) is 29.8. The molecular formula is C27H46N2O2. The van der Waals surface area contributed by atoms with Gasteiger partial charge >= 0.3 is 0 Å². The minimum absolute atomic E-state index is 0.276. The van der Waals surface area contributed by atoms with Crippen molar-refractivity contribution < 1.29 is 9.59 Å². The van der Waals surface area contributed by atoms with E-state index < -0.39 is 0 Å². The van der Waals surface area contributed by atoms with Gasteiger partial charge in [0.2, 0.25) is 11.8 Å². The Morgan fingerprint density at radius 1 is 1.00 bits per heavy atom. The zero-order chi connectivity index (χ0) is 22.4. The maximum atomic E-state index is 13.0. The number of piperidine rings is 1. The molecule has 0 N–H and O–H groups in total. The van der Waals surface area contributed by atoms with Gasteiger partial charge in [0, 0.05) is 38.5 Å². The van der Waals surface area contributed by atoms with Gasteiger partial charge in [-0.1, -0.05) is 40.5 Å². The number of unbranched alkanes of at least 4 members (excludes halogenated alkanes) is 2. The molecule has 0 aromatic heterocycles. The van der Waals surface area contributed by atoms with Crippen molar-refractivity contribution in [1.82, 2.24) is 9.80 Å². The molecule has 3 saturated carbocycles. The van der Waals surface area contributed by atoms with Crippen molar-refractivity contribution >= 4 is 11.8 Å². The monoisotopic (exact) mass is 430 g/mol. The second kappa shape index (κ2) is 8.71. The molecule has 7 atom stereocenters. The van der Waals surface area contributed by atoms with Crippen molar-refractivity contribution in [3.63, 3.8) is 0 Å². The maximum absolute atomic E-state index is 13.0. The summed E-state index contributed by atoms with van der Waals surface area (Å²) in [7, 11) is 2.05. The van der Waals surface area contributed by atoms with Crippen LogP contribution in [0.4, 0.5) is 0 Å². The van der Waals surface area contributed by atoms with Crippen LogP contribution in [0.3, 0.4) is 0 Å². The zero-order valence-electron chi connectivity index (χ0n) is 20.8. The molecule has 1 saturated heterocycles. The van der Waals surface area contributed by atoms with Crippen molar-refractivity contribution in [3.05, 3.63) is 0 Å². The molecule has 0 aromatic rings. The quantitative estimate of drug-likeness (QED) is 0.511. The maximum Gasteiger partial charge on any atom is 0.222 e. The fourth-order valence-electron chi connectivity index (χ4n) is 8.82. The number of carbonyl (C=O) groups excluding carboxylic acids is 2. The van der Waals surface area contributed by atoms with Crippen LogP contribution in [0, 0.1) is 28.6 Å². The summed E-state index contributed by atoms with van der Waals surface area (Å²) in [5.74, 6) is 2.99. The average Bonchev–Trinajstić information content (AvgIpc) is 3.11. The van der Waals surface area contributed by atoms with Crippen molar-refractivity contribution in [1.29, 1.82) is 0 Å². The van der Waals surface area contributed by atoms with Gasteiger partial charge < -0.3 is 9.80 Å². The molecule has 1 aliphatic heterocycles. The van der Waals surface area contributed by atoms with Gasteiger partial charge in [-0.05, 0) is 80.0 Å². The predicted molar refractivity (Wildman–Crippen MR) is 125 cm³/mol. The SMILES string of the molecule is CCCCCN(C(=O)CC)[C@H]1CCC2C3CC[C@H]4N(C)C(=O)CC[C@]4(C)C3CC[C@@]21C. The Kier molecular flexibility index (Phi) is 6.49. The predicted octanol–water partition coefficient (Wildman–Crippen LogP) is 5.65. The van der Waals surface area contributed by atoms with Gasteiger partial charge in [0.25, 0.3) is 0 Å². The van der Waals surface area contributed by atoms with E-state index in [2.05, 4.69) is 30.6 Å². The topological polar surface area (TPSA) is 40.6 Å². The third-order valence-corrected chi connectivity index (χ3v) is 10.5. The van der Waals surface area contributed by atoms with E-state index in [1.807, 2.05) is 14.0 Å². The van der Waals surface area contributed by atoms with Crippen LogP contribution in [0.2, 0.25) is 0 Å². The highest BCUT2D eigenvalue weighted by atomic mass is 16.2. The fourth-order valence-corrected chi connectivity index (χ4v) is 8.82. The first-order valence-electron chi connectivity index (χ1n) is 13.3. The first kappa shape index (κ1) is 23.1. The molecule has 0 aromatic carbocycles. The Hall–Kier alpha value is -1.06. The first-order valence-corrected chi connectivity index (χ1v) is 13.3. The van der Waals surface area contributed by atoms with Crippen LogP contribution in [0.25, 0.3) is 0 Å². The second-order valence-corrected chi connectivity index (χ2v) is 11.8. The third kappa shape index (κ3) is 3.64. The van der Waals surface area contributed by atoms with E-state index in [4.69, 9.17) is 0 Å². The van der Waals surface area contributed by atoms with Crippen LogP contribution in [0.15, 0.2) is 0 Å². The number of nitrogens with zero attached hydrogens (tertiary/aromatic N) is 2. The molecule has 176 valence electrons. The molecule has 3 unspecified atom stereocenters. The van der Waals surface area contributed by atoms with Gasteiger partial charge in [-0.3, -0.25) is 9.59 Å². The Morgan fingerprint density at radius 3 is 2.45 bits per heavy atom. The van der Waals surface area contributed by atoms with Crippen molar-refractivity contribution in [2.24, 2.45) is 28.6 Å². The summed E-state index contributed by atoms with van der Waals surface area (Å²) >= 11 is 0. The molecule has 4 aliphatic rings. The smallest absolute Gasteiger partial charge is 0.222 e. The largest absolute Gasteiger partial charge is 0.342 e. The van der Waals surface area contributed by atoms with Crippen molar-refractivity contribution in [2.75, 3.05) is 13.6 Å². The number of rotatable bonds is 6. The highest BCUT2D eigenvalue weighted by Crippen LogP contribution is 2.65. The molecule has 3 aliphatic carbocycles. The average molecular weight is 431 g/mol. The number of fused-ring (bicyclic) bond motifs is 5. The van der Waals surface area contributed by atoms with Crippen LogP contribution in [0.1, 0.15) is 105 Å². The summed E-state index contributed by atoms with van der Waals surface area (Å²) in [6, 6.07) is 0.868. The number of hydrogen-bond acceptors (Lipinski definition) is 2. The lowest BCUT2D eigenvalue weighted by Crippen LogP contribution is -2.62. The number of hydrogen-bond donors (Lipinski definition) is 0. The van der Waals surface area contributed by atoms with E-state index in [0.29, 0.717) is 30.3 Å². The standard InChI is InChI=1S/C27H46N2O2/c1-6-8-9-18-29(24(30)7-2)23-13-11-20-19-10-12-22-26(3,17-15-25(31)28(22)5)21(19)14-16-27(20,23)4/h19-23H,6-18H2,1-5H3/t19?,20?,21?,22-,23+,26-,27+/m1/s1. The molecular weight excluding hydrogens is 384 g/mol. The van der Waals surface area contributed by atoms with Gasteiger partial charge in [-0.15, -0.1) is 0 Å². The van der Waals surface area contributed by atoms with Gasteiger partial charge in [-0.2, -0.15) is 0 Å². The molecule has 4 heteroatoms. The van der Waals surface area contributed by atoms with E-state index >= 15 is 0 Å². The molecule has 4 nitrogen and oxygen atoms in total. The number of likely N-dealkylation sites (tertiary alicyclic amines) is 1. The lowest BCUT2D eigenvalue weighted by Gasteiger charge is -2.62. The van der Waals surface area contributed by atoms with Gasteiger partial charge in [-0.25, -0.2) is 0 Å². The Morgan fingerprint density at radius 2 is 1.74 bits per heavy atom. The fraction of sp³-hybridized carbons (Fsp3) is 0.926. The summed E-state index contributed by atoms with van der Waals surface area (Å²) < 4.78 is 0. The normalized spacial score (nSPS) is 42.0. The van der Waals surface area contributed by atoms with Crippen molar-refractivity contribution in [3.8, 4) is 0 Å². The molecule has 0 radical (unpaired) electrons. The summed E-state index contributed by atoms with van der Waals surface area (Å²) in [6.45, 7) is 10.3. The zero-order valence-corrected chi connectivity index (χ0v) is 20.8. The summed E-state index contributed by atoms with van der Waals surface area (Å²) in [6.07, 6.45) is 13.5. The molecule has 1 heterocycles. The minimum atomic E-state index is 0.276. The second-order valence-electron chi connectivity index (χ2n) is 11.8. The van der Waals surface area contributed by atoms with Gasteiger partial charge in [0.05, 0.1) is 0 Å². The Bertz CT molecular complexity index is 693. The molecule has 0 spiro atoms. The molecule has 4 fully saturated rings. The van der Waals surface area contributed by atoms with Crippen molar-refractivity contribution in [2.45, 2.75) is 117 Å². The first-order chi connectivity index (χ1) is 14.8. The highest BCUT2D eigenvalue weighted by Gasteiger charge is 2.62. The molecule has 0 bridgehead atoms.